The molecule has 8 nitrogen and oxygen atoms in total. The van der Waals surface area contributed by atoms with E-state index in [-0.39, 0.29) is 10.6 Å². The molecule has 0 unspecified atom stereocenters. The van der Waals surface area contributed by atoms with E-state index in [1.165, 1.54) is 11.8 Å². The molecule has 1 aromatic heterocycles. The summed E-state index contributed by atoms with van der Waals surface area (Å²) in [6.07, 6.45) is 2.66. The van der Waals surface area contributed by atoms with Crippen molar-refractivity contribution in [2.24, 2.45) is 0 Å². The van der Waals surface area contributed by atoms with Gasteiger partial charge in [-0.25, -0.2) is 4.98 Å². The second-order valence-corrected chi connectivity index (χ2v) is 6.65. The van der Waals surface area contributed by atoms with E-state index < -0.39 is 0 Å². The predicted octanol–water partition coefficient (Wildman–Crippen LogP) is 0.625. The van der Waals surface area contributed by atoms with Crippen molar-refractivity contribution < 1.29 is 19.5 Å². The number of rotatable bonds is 8. The van der Waals surface area contributed by atoms with Crippen LogP contribution in [0, 0.1) is 10.1 Å². The molecule has 8 heteroatoms. The normalized spacial score (nSPS) is 14.8. The number of nitro groups is 1. The van der Waals surface area contributed by atoms with Crippen molar-refractivity contribution in [1.82, 2.24) is 0 Å². The molecule has 0 amide bonds. The van der Waals surface area contributed by atoms with Crippen molar-refractivity contribution in [3.63, 3.8) is 0 Å². The highest BCUT2D eigenvalue weighted by Crippen LogP contribution is 2.19. The molecule has 2 aromatic rings. The minimum Gasteiger partial charge on any atom is -0.497 e. The third-order valence-corrected chi connectivity index (χ3v) is 4.95. The number of aromatic nitrogens is 1. The van der Waals surface area contributed by atoms with E-state index in [1.54, 1.807) is 24.3 Å². The summed E-state index contributed by atoms with van der Waals surface area (Å²) in [7, 11) is 1.68. The Bertz CT molecular complexity index is 745. The predicted molar refractivity (Wildman–Crippen MR) is 104 cm³/mol. The van der Waals surface area contributed by atoms with Gasteiger partial charge in [0.15, 0.2) is 0 Å². The summed E-state index contributed by atoms with van der Waals surface area (Å²) in [5.74, 6) is 1.35. The van der Waals surface area contributed by atoms with Crippen molar-refractivity contribution in [3.05, 3.63) is 52.7 Å². The third kappa shape index (κ3) is 5.07. The number of nitrogens with one attached hydrogen (secondary N) is 3. The summed E-state index contributed by atoms with van der Waals surface area (Å²) in [6, 6.07) is 11.4. The molecule has 0 spiro atoms. The molecule has 144 valence electrons. The van der Waals surface area contributed by atoms with E-state index in [2.05, 4.69) is 27.3 Å². The number of piperazine rings is 1. The van der Waals surface area contributed by atoms with Gasteiger partial charge in [0.25, 0.3) is 0 Å². The molecule has 1 aliphatic rings. The molecule has 27 heavy (non-hydrogen) atoms. The van der Waals surface area contributed by atoms with Gasteiger partial charge in [-0.1, -0.05) is 0 Å². The number of anilines is 2. The lowest BCUT2D eigenvalue weighted by atomic mass is 10.2. The Labute approximate surface area is 158 Å². The van der Waals surface area contributed by atoms with Crippen LogP contribution in [-0.2, 0) is 0 Å². The Hall–Kier alpha value is -2.87. The standard InChI is InChI=1S/C19H25N5O3/c1-27-17-7-5-16(6-8-17)23-14-12-22(13-15-23)11-3-10-21-19-18(24(25)26)4-2-9-20-19/h2,4-9H,3,10-15H2,1H3,(H,20,21)/p+2. The van der Waals surface area contributed by atoms with Crippen molar-refractivity contribution >= 4 is 17.2 Å². The molecular formula is C19H27N5O3+2. The van der Waals surface area contributed by atoms with Gasteiger partial charge in [-0.05, 0) is 30.3 Å². The quantitative estimate of drug-likeness (QED) is 0.403. The van der Waals surface area contributed by atoms with Crippen LogP contribution in [0.5, 0.6) is 5.75 Å². The molecular weight excluding hydrogens is 346 g/mol. The highest BCUT2D eigenvalue weighted by molar-refractivity contribution is 5.50. The number of aromatic amines is 1. The molecule has 1 fully saturated rings. The molecule has 3 N–H and O–H groups in total. The second-order valence-electron chi connectivity index (χ2n) is 6.65. The van der Waals surface area contributed by atoms with E-state index >= 15 is 0 Å². The van der Waals surface area contributed by atoms with E-state index in [0.29, 0.717) is 12.4 Å². The third-order valence-electron chi connectivity index (χ3n) is 4.95. The molecule has 0 saturated carbocycles. The van der Waals surface area contributed by atoms with Crippen molar-refractivity contribution in [3.8, 4) is 5.75 Å². The van der Waals surface area contributed by atoms with Gasteiger partial charge >= 0.3 is 11.5 Å². The molecule has 1 saturated heterocycles. The number of benzene rings is 1. The van der Waals surface area contributed by atoms with Crippen LogP contribution >= 0.6 is 0 Å². The lowest BCUT2D eigenvalue weighted by Crippen LogP contribution is -3.14. The Morgan fingerprint density at radius 1 is 1.26 bits per heavy atom. The molecule has 1 aliphatic heterocycles. The van der Waals surface area contributed by atoms with E-state index in [0.717, 1.165) is 44.9 Å². The number of hydrogen-bond acceptors (Lipinski definition) is 5. The number of quaternary nitrogens is 1. The van der Waals surface area contributed by atoms with Crippen LogP contribution in [0.4, 0.5) is 17.2 Å². The Kier molecular flexibility index (Phi) is 6.43. The number of hydrogen-bond donors (Lipinski definition) is 2. The molecule has 0 radical (unpaired) electrons. The van der Waals surface area contributed by atoms with Crippen molar-refractivity contribution in [2.45, 2.75) is 6.42 Å². The first-order valence-electron chi connectivity index (χ1n) is 9.29. The Morgan fingerprint density at radius 3 is 2.67 bits per heavy atom. The molecule has 0 atom stereocenters. The SMILES string of the molecule is COc1ccc(N2CC[NH+](CCCNc3[nH+]cccc3[N+](=O)[O-])CC2)cc1. The zero-order chi connectivity index (χ0) is 19.1. The highest BCUT2D eigenvalue weighted by Gasteiger charge is 2.21. The Balaban J connectivity index is 1.39. The summed E-state index contributed by atoms with van der Waals surface area (Å²) < 4.78 is 5.21. The van der Waals surface area contributed by atoms with E-state index in [1.807, 2.05) is 12.1 Å². The van der Waals surface area contributed by atoms with E-state index in [9.17, 15) is 10.1 Å². The van der Waals surface area contributed by atoms with Gasteiger partial charge < -0.3 is 14.5 Å². The zero-order valence-corrected chi connectivity index (χ0v) is 15.6. The summed E-state index contributed by atoms with van der Waals surface area (Å²) in [5, 5.41) is 14.2. The van der Waals surface area contributed by atoms with Gasteiger partial charge in [-0.15, -0.1) is 0 Å². The molecule has 0 bridgehead atoms. The topological polar surface area (TPSA) is 86.2 Å². The van der Waals surface area contributed by atoms with E-state index in [4.69, 9.17) is 4.74 Å². The van der Waals surface area contributed by atoms with Gasteiger partial charge in [-0.3, -0.25) is 15.4 Å². The molecule has 1 aromatic carbocycles. The van der Waals surface area contributed by atoms with Crippen LogP contribution < -0.4 is 24.8 Å². The number of methoxy groups -OCH3 is 1. The van der Waals surface area contributed by atoms with Gasteiger partial charge in [-0.2, -0.15) is 0 Å². The van der Waals surface area contributed by atoms with Crippen LogP contribution in [0.2, 0.25) is 0 Å². The van der Waals surface area contributed by atoms with Crippen LogP contribution in [0.25, 0.3) is 0 Å². The van der Waals surface area contributed by atoms with Crippen LogP contribution in [0.1, 0.15) is 6.42 Å². The lowest BCUT2D eigenvalue weighted by molar-refractivity contribution is -0.900. The smallest absolute Gasteiger partial charge is 0.357 e. The molecule has 0 aliphatic carbocycles. The minimum atomic E-state index is -0.373. The average Bonchev–Trinajstić information content (AvgIpc) is 2.72. The average molecular weight is 373 g/mol. The fourth-order valence-electron chi connectivity index (χ4n) is 3.40. The zero-order valence-electron chi connectivity index (χ0n) is 15.6. The maximum atomic E-state index is 11.0. The first kappa shape index (κ1) is 18.9. The number of nitrogens with zero attached hydrogens (tertiary/aromatic N) is 2. The second kappa shape index (κ2) is 9.18. The van der Waals surface area contributed by atoms with Crippen LogP contribution in [0.3, 0.4) is 0 Å². The maximum Gasteiger partial charge on any atom is 0.357 e. The maximum absolute atomic E-state index is 11.0. The van der Waals surface area contributed by atoms with Gasteiger partial charge in [0.05, 0.1) is 57.5 Å². The number of ether oxygens (including phenoxy) is 1. The largest absolute Gasteiger partial charge is 0.497 e. The summed E-state index contributed by atoms with van der Waals surface area (Å²) in [6.45, 7) is 6.05. The number of H-pyrrole nitrogens is 1. The summed E-state index contributed by atoms with van der Waals surface area (Å²) >= 11 is 0. The minimum absolute atomic E-state index is 0.0814. The van der Waals surface area contributed by atoms with Crippen LogP contribution in [-0.4, -0.2) is 51.3 Å². The Morgan fingerprint density at radius 2 is 2.00 bits per heavy atom. The fraction of sp³-hybridized carbons (Fsp3) is 0.421. The monoisotopic (exact) mass is 373 g/mol. The first-order chi connectivity index (χ1) is 13.2. The van der Waals surface area contributed by atoms with Crippen LogP contribution in [0.15, 0.2) is 42.6 Å². The number of pyridine rings is 1. The fourth-order valence-corrected chi connectivity index (χ4v) is 3.40. The van der Waals surface area contributed by atoms with Crippen molar-refractivity contribution in [1.29, 1.82) is 0 Å². The molecule has 3 rings (SSSR count). The van der Waals surface area contributed by atoms with Gasteiger partial charge in [0.2, 0.25) is 0 Å². The van der Waals surface area contributed by atoms with Gasteiger partial charge in [0.1, 0.15) is 5.75 Å². The summed E-state index contributed by atoms with van der Waals surface area (Å²) in [4.78, 5) is 17.5. The lowest BCUT2D eigenvalue weighted by Gasteiger charge is -2.33. The van der Waals surface area contributed by atoms with Gasteiger partial charge in [0, 0.05) is 18.2 Å². The summed E-state index contributed by atoms with van der Waals surface area (Å²) in [5.41, 5.74) is 1.32. The highest BCUT2D eigenvalue weighted by atomic mass is 16.6. The first-order valence-corrected chi connectivity index (χ1v) is 9.29. The molecule has 2 heterocycles. The van der Waals surface area contributed by atoms with Crippen molar-refractivity contribution in [2.75, 3.05) is 56.6 Å².